The number of nitrogens with zero attached hydrogens (tertiary/aromatic N) is 1. The Morgan fingerprint density at radius 1 is 1.24 bits per heavy atom. The maximum atomic E-state index is 12.6. The van der Waals surface area contributed by atoms with E-state index in [9.17, 15) is 13.2 Å². The number of benzene rings is 1. The van der Waals surface area contributed by atoms with Crippen LogP contribution in [0.15, 0.2) is 12.1 Å². The van der Waals surface area contributed by atoms with E-state index < -0.39 is 9.84 Å². The van der Waals surface area contributed by atoms with Gasteiger partial charge in [0.25, 0.3) is 0 Å². The third-order valence-electron chi connectivity index (χ3n) is 4.11. The molecule has 0 N–H and O–H groups in total. The number of aryl methyl sites for hydroxylation is 3. The molecule has 1 unspecified atom stereocenters. The molecular weight excluding hydrogens is 286 g/mol. The largest absolute Gasteiger partial charge is 0.293 e. The summed E-state index contributed by atoms with van der Waals surface area (Å²) in [6, 6.07) is 3.94. The van der Waals surface area contributed by atoms with Crippen LogP contribution >= 0.6 is 0 Å². The van der Waals surface area contributed by atoms with Crippen molar-refractivity contribution in [3.8, 4) is 0 Å². The minimum Gasteiger partial charge on any atom is -0.293 e. The van der Waals surface area contributed by atoms with Crippen LogP contribution in [0.2, 0.25) is 0 Å². The lowest BCUT2D eigenvalue weighted by Crippen LogP contribution is -2.48. The Balaban J connectivity index is 2.16. The van der Waals surface area contributed by atoms with E-state index in [1.54, 1.807) is 0 Å². The van der Waals surface area contributed by atoms with Gasteiger partial charge in [-0.25, -0.2) is 8.42 Å². The van der Waals surface area contributed by atoms with Crippen LogP contribution in [0.25, 0.3) is 0 Å². The number of carbonyl (C=O) groups excluding carboxylic acids is 1. The molecule has 1 atom stereocenters. The zero-order valence-electron chi connectivity index (χ0n) is 13.1. The van der Waals surface area contributed by atoms with Gasteiger partial charge in [-0.2, -0.15) is 0 Å². The molecule has 0 aliphatic carbocycles. The maximum absolute atomic E-state index is 12.6. The van der Waals surface area contributed by atoms with E-state index in [-0.39, 0.29) is 23.3 Å². The SMILES string of the molecule is Cc1cc(C)c(C(=O)CN2CCS(=O)(=O)CC2C)c(C)c1. The first-order valence-electron chi connectivity index (χ1n) is 7.25. The highest BCUT2D eigenvalue weighted by Gasteiger charge is 2.29. The molecule has 1 heterocycles. The zero-order chi connectivity index (χ0) is 15.8. The second-order valence-corrected chi connectivity index (χ2v) is 8.36. The van der Waals surface area contributed by atoms with E-state index in [0.29, 0.717) is 13.1 Å². The second-order valence-electron chi connectivity index (χ2n) is 6.13. The minimum atomic E-state index is -2.94. The van der Waals surface area contributed by atoms with Gasteiger partial charge in [0.15, 0.2) is 15.6 Å². The van der Waals surface area contributed by atoms with Crippen LogP contribution in [-0.2, 0) is 9.84 Å². The summed E-state index contributed by atoms with van der Waals surface area (Å²) in [5, 5.41) is 0. The van der Waals surface area contributed by atoms with Gasteiger partial charge in [-0.3, -0.25) is 9.69 Å². The maximum Gasteiger partial charge on any atom is 0.177 e. The number of carbonyl (C=O) groups is 1. The van der Waals surface area contributed by atoms with E-state index in [2.05, 4.69) is 0 Å². The zero-order valence-corrected chi connectivity index (χ0v) is 14.0. The Labute approximate surface area is 127 Å². The highest BCUT2D eigenvalue weighted by atomic mass is 32.2. The molecule has 1 aromatic rings. The van der Waals surface area contributed by atoms with Gasteiger partial charge in [-0.15, -0.1) is 0 Å². The summed E-state index contributed by atoms with van der Waals surface area (Å²) >= 11 is 0. The van der Waals surface area contributed by atoms with Gasteiger partial charge in [0.05, 0.1) is 18.1 Å². The van der Waals surface area contributed by atoms with E-state index >= 15 is 0 Å². The summed E-state index contributed by atoms with van der Waals surface area (Å²) in [7, 11) is -2.94. The normalized spacial score (nSPS) is 22.2. The predicted molar refractivity (Wildman–Crippen MR) is 84.7 cm³/mol. The van der Waals surface area contributed by atoms with Crippen LogP contribution in [0, 0.1) is 20.8 Å². The first-order valence-corrected chi connectivity index (χ1v) is 9.07. The number of sulfone groups is 1. The van der Waals surface area contributed by atoms with Gasteiger partial charge in [-0.05, 0) is 38.8 Å². The van der Waals surface area contributed by atoms with E-state index in [1.165, 1.54) is 0 Å². The van der Waals surface area contributed by atoms with Crippen LogP contribution in [-0.4, -0.2) is 49.7 Å². The smallest absolute Gasteiger partial charge is 0.177 e. The van der Waals surface area contributed by atoms with Crippen LogP contribution in [0.4, 0.5) is 0 Å². The van der Waals surface area contributed by atoms with E-state index in [0.717, 1.165) is 22.3 Å². The van der Waals surface area contributed by atoms with Crippen molar-refractivity contribution in [2.24, 2.45) is 0 Å². The van der Waals surface area contributed by atoms with Crippen molar-refractivity contribution in [2.75, 3.05) is 24.6 Å². The summed E-state index contributed by atoms with van der Waals surface area (Å²) < 4.78 is 23.2. The summed E-state index contributed by atoms with van der Waals surface area (Å²) in [5.74, 6) is 0.374. The lowest BCUT2D eigenvalue weighted by molar-refractivity contribution is 0.0907. The summed E-state index contributed by atoms with van der Waals surface area (Å²) in [6.07, 6.45) is 0. The molecule has 0 radical (unpaired) electrons. The molecule has 1 aliphatic rings. The highest BCUT2D eigenvalue weighted by Crippen LogP contribution is 2.19. The number of ketones is 1. The van der Waals surface area contributed by atoms with Gasteiger partial charge in [-0.1, -0.05) is 17.7 Å². The van der Waals surface area contributed by atoms with Gasteiger partial charge in [0.1, 0.15) is 0 Å². The number of rotatable bonds is 3. The molecule has 1 fully saturated rings. The Morgan fingerprint density at radius 2 is 1.81 bits per heavy atom. The molecule has 0 spiro atoms. The molecular formula is C16H23NO3S. The monoisotopic (exact) mass is 309 g/mol. The predicted octanol–water partition coefficient (Wildman–Crippen LogP) is 1.91. The van der Waals surface area contributed by atoms with Crippen molar-refractivity contribution >= 4 is 15.6 Å². The van der Waals surface area contributed by atoms with Crippen LogP contribution in [0.5, 0.6) is 0 Å². The molecule has 0 bridgehead atoms. The number of hydrogen-bond acceptors (Lipinski definition) is 4. The molecule has 0 amide bonds. The Hall–Kier alpha value is -1.20. The minimum absolute atomic E-state index is 0.0798. The summed E-state index contributed by atoms with van der Waals surface area (Å²) in [6.45, 7) is 8.54. The fraction of sp³-hybridized carbons (Fsp3) is 0.562. The first-order chi connectivity index (χ1) is 9.69. The van der Waals surface area contributed by atoms with Gasteiger partial charge in [0, 0.05) is 18.2 Å². The Morgan fingerprint density at radius 3 is 2.33 bits per heavy atom. The van der Waals surface area contributed by atoms with Crippen molar-refractivity contribution in [3.63, 3.8) is 0 Å². The molecule has 1 aliphatic heterocycles. The molecule has 0 saturated carbocycles. The van der Waals surface area contributed by atoms with Crippen molar-refractivity contribution in [1.82, 2.24) is 4.90 Å². The molecule has 116 valence electrons. The third-order valence-corrected chi connectivity index (χ3v) is 5.91. The van der Waals surface area contributed by atoms with Crippen LogP contribution in [0.1, 0.15) is 34.0 Å². The van der Waals surface area contributed by atoms with Crippen molar-refractivity contribution in [3.05, 3.63) is 34.4 Å². The topological polar surface area (TPSA) is 54.5 Å². The lowest BCUT2D eigenvalue weighted by Gasteiger charge is -2.32. The van der Waals surface area contributed by atoms with Gasteiger partial charge < -0.3 is 0 Å². The van der Waals surface area contributed by atoms with E-state index in [1.807, 2.05) is 44.7 Å². The van der Waals surface area contributed by atoms with E-state index in [4.69, 9.17) is 0 Å². The quantitative estimate of drug-likeness (QED) is 0.801. The fourth-order valence-corrected chi connectivity index (χ4v) is 4.78. The average molecular weight is 309 g/mol. The van der Waals surface area contributed by atoms with Crippen molar-refractivity contribution in [1.29, 1.82) is 0 Å². The molecule has 5 heteroatoms. The average Bonchev–Trinajstić information content (AvgIpc) is 2.30. The first kappa shape index (κ1) is 16.2. The molecule has 21 heavy (non-hydrogen) atoms. The second kappa shape index (κ2) is 5.89. The molecule has 0 aromatic heterocycles. The highest BCUT2D eigenvalue weighted by molar-refractivity contribution is 7.91. The van der Waals surface area contributed by atoms with Gasteiger partial charge >= 0.3 is 0 Å². The summed E-state index contributed by atoms with van der Waals surface area (Å²) in [4.78, 5) is 14.6. The standard InChI is InChI=1S/C16H23NO3S/c1-11-7-12(2)16(13(3)8-11)15(18)9-17-5-6-21(19,20)10-14(17)4/h7-8,14H,5-6,9-10H2,1-4H3. The van der Waals surface area contributed by atoms with Crippen LogP contribution in [0.3, 0.4) is 0 Å². The Kier molecular flexibility index (Phi) is 4.54. The third kappa shape index (κ3) is 3.71. The van der Waals surface area contributed by atoms with Crippen molar-refractivity contribution < 1.29 is 13.2 Å². The molecule has 2 rings (SSSR count). The van der Waals surface area contributed by atoms with Gasteiger partial charge in [0.2, 0.25) is 0 Å². The molecule has 4 nitrogen and oxygen atoms in total. The lowest BCUT2D eigenvalue weighted by atomic mass is 9.96. The Bertz CT molecular complexity index is 641. The number of hydrogen-bond donors (Lipinski definition) is 0. The van der Waals surface area contributed by atoms with Crippen LogP contribution < -0.4 is 0 Å². The molecule has 1 aromatic carbocycles. The fourth-order valence-electron chi connectivity index (χ4n) is 3.15. The molecule has 1 saturated heterocycles. The summed E-state index contributed by atoms with van der Waals surface area (Å²) in [5.41, 5.74) is 3.92. The van der Waals surface area contributed by atoms with Crippen molar-refractivity contribution in [2.45, 2.75) is 33.7 Å². The number of Topliss-reactive ketones (excluding diaryl/α,β-unsaturated/α-hetero) is 1.